The summed E-state index contributed by atoms with van der Waals surface area (Å²) >= 11 is 0. The highest BCUT2D eigenvalue weighted by Gasteiger charge is 2.41. The molecular formula is C10H18N2O. The third-order valence-electron chi connectivity index (χ3n) is 3.04. The van der Waals surface area contributed by atoms with Crippen molar-refractivity contribution in [2.75, 3.05) is 13.6 Å². The van der Waals surface area contributed by atoms with Crippen molar-refractivity contribution in [3.8, 4) is 0 Å². The van der Waals surface area contributed by atoms with E-state index in [1.54, 1.807) is 7.05 Å². The summed E-state index contributed by atoms with van der Waals surface area (Å²) in [7, 11) is 1.69. The molecule has 0 aromatic rings. The third-order valence-corrected chi connectivity index (χ3v) is 3.04. The fourth-order valence-corrected chi connectivity index (χ4v) is 1.93. The second kappa shape index (κ2) is 3.66. The molecule has 13 heavy (non-hydrogen) atoms. The van der Waals surface area contributed by atoms with E-state index in [1.165, 1.54) is 25.7 Å². The summed E-state index contributed by atoms with van der Waals surface area (Å²) in [6.45, 7) is 0.494. The Labute approximate surface area is 79.3 Å². The Morgan fingerprint density at radius 2 is 1.85 bits per heavy atom. The molecule has 0 heterocycles. The average Bonchev–Trinajstić information content (AvgIpc) is 2.98. The smallest absolute Gasteiger partial charge is 0.233 e. The van der Waals surface area contributed by atoms with Crippen LogP contribution in [0.1, 0.15) is 25.7 Å². The van der Waals surface area contributed by atoms with Gasteiger partial charge < -0.3 is 10.6 Å². The van der Waals surface area contributed by atoms with Crippen molar-refractivity contribution in [2.24, 2.45) is 11.8 Å². The quantitative estimate of drug-likeness (QED) is 0.650. The molecule has 1 amide bonds. The van der Waals surface area contributed by atoms with E-state index in [4.69, 9.17) is 0 Å². The van der Waals surface area contributed by atoms with Gasteiger partial charge in [-0.1, -0.05) is 0 Å². The number of carbonyl (C=O) groups excluding carboxylic acids is 1. The molecule has 0 aliphatic heterocycles. The number of rotatable bonds is 5. The van der Waals surface area contributed by atoms with Crippen LogP contribution in [0.15, 0.2) is 0 Å². The van der Waals surface area contributed by atoms with Gasteiger partial charge in [-0.15, -0.1) is 0 Å². The van der Waals surface area contributed by atoms with E-state index in [9.17, 15) is 4.79 Å². The maximum atomic E-state index is 11.0. The molecule has 0 saturated heterocycles. The third kappa shape index (κ3) is 2.44. The zero-order chi connectivity index (χ0) is 9.26. The van der Waals surface area contributed by atoms with Crippen molar-refractivity contribution >= 4 is 5.91 Å². The van der Waals surface area contributed by atoms with Crippen molar-refractivity contribution < 1.29 is 4.79 Å². The monoisotopic (exact) mass is 182 g/mol. The number of hydrogen-bond donors (Lipinski definition) is 2. The minimum atomic E-state index is 0.103. The van der Waals surface area contributed by atoms with E-state index in [2.05, 4.69) is 10.6 Å². The predicted molar refractivity (Wildman–Crippen MR) is 51.3 cm³/mol. The van der Waals surface area contributed by atoms with Gasteiger partial charge in [0.2, 0.25) is 5.91 Å². The molecule has 0 bridgehead atoms. The molecule has 2 aliphatic rings. The summed E-state index contributed by atoms with van der Waals surface area (Å²) in [4.78, 5) is 11.0. The van der Waals surface area contributed by atoms with Gasteiger partial charge in [0.05, 0.1) is 6.54 Å². The highest BCUT2D eigenvalue weighted by molar-refractivity contribution is 5.77. The standard InChI is InChI=1S/C10H18N2O/c1-11-9(13)6-12-10(7-2-3-7)8-4-5-8/h7-8,10,12H,2-6H2,1H3,(H,11,13). The largest absolute Gasteiger partial charge is 0.358 e. The molecule has 2 saturated carbocycles. The fraction of sp³-hybridized carbons (Fsp3) is 0.900. The van der Waals surface area contributed by atoms with Crippen LogP contribution in [-0.2, 0) is 4.79 Å². The maximum Gasteiger partial charge on any atom is 0.233 e. The van der Waals surface area contributed by atoms with Crippen LogP contribution in [0.4, 0.5) is 0 Å². The van der Waals surface area contributed by atoms with Gasteiger partial charge in [-0.25, -0.2) is 0 Å². The lowest BCUT2D eigenvalue weighted by Crippen LogP contribution is -2.40. The zero-order valence-electron chi connectivity index (χ0n) is 8.18. The normalized spacial score (nSPS) is 22.0. The Kier molecular flexibility index (Phi) is 2.54. The van der Waals surface area contributed by atoms with Crippen LogP contribution >= 0.6 is 0 Å². The van der Waals surface area contributed by atoms with Crippen LogP contribution in [0.25, 0.3) is 0 Å². The van der Waals surface area contributed by atoms with Crippen molar-refractivity contribution in [3.63, 3.8) is 0 Å². The molecule has 0 atom stereocenters. The SMILES string of the molecule is CNC(=O)CNC(C1CC1)C1CC1. The molecule has 2 aliphatic carbocycles. The lowest BCUT2D eigenvalue weighted by atomic mass is 10.1. The summed E-state index contributed by atoms with van der Waals surface area (Å²) in [5.41, 5.74) is 0. The number of carbonyl (C=O) groups is 1. The Balaban J connectivity index is 1.73. The molecule has 0 radical (unpaired) electrons. The van der Waals surface area contributed by atoms with E-state index in [0.29, 0.717) is 12.6 Å². The van der Waals surface area contributed by atoms with Gasteiger partial charge in [0, 0.05) is 13.1 Å². The minimum Gasteiger partial charge on any atom is -0.358 e. The Morgan fingerprint density at radius 3 is 2.23 bits per heavy atom. The van der Waals surface area contributed by atoms with Crippen molar-refractivity contribution in [3.05, 3.63) is 0 Å². The number of hydrogen-bond acceptors (Lipinski definition) is 2. The van der Waals surface area contributed by atoms with E-state index in [-0.39, 0.29) is 5.91 Å². The molecule has 74 valence electrons. The Morgan fingerprint density at radius 1 is 1.31 bits per heavy atom. The maximum absolute atomic E-state index is 11.0. The second-order valence-electron chi connectivity index (χ2n) is 4.25. The predicted octanol–water partition coefficient (Wildman–Crippen LogP) is 0.511. The second-order valence-corrected chi connectivity index (χ2v) is 4.25. The first-order valence-electron chi connectivity index (χ1n) is 5.25. The molecule has 0 aromatic carbocycles. The summed E-state index contributed by atoms with van der Waals surface area (Å²) in [5, 5.41) is 6.02. The average molecular weight is 182 g/mol. The summed E-state index contributed by atoms with van der Waals surface area (Å²) < 4.78 is 0. The summed E-state index contributed by atoms with van der Waals surface area (Å²) in [6, 6.07) is 0.636. The molecule has 3 heteroatoms. The van der Waals surface area contributed by atoms with Crippen LogP contribution in [0.3, 0.4) is 0 Å². The van der Waals surface area contributed by atoms with Crippen LogP contribution in [0.2, 0.25) is 0 Å². The van der Waals surface area contributed by atoms with Gasteiger partial charge in [-0.05, 0) is 37.5 Å². The zero-order valence-corrected chi connectivity index (χ0v) is 8.18. The highest BCUT2D eigenvalue weighted by atomic mass is 16.1. The molecule has 0 unspecified atom stereocenters. The first-order valence-corrected chi connectivity index (χ1v) is 5.25. The van der Waals surface area contributed by atoms with Gasteiger partial charge in [0.15, 0.2) is 0 Å². The van der Waals surface area contributed by atoms with Gasteiger partial charge in [0.25, 0.3) is 0 Å². The van der Waals surface area contributed by atoms with Crippen LogP contribution in [0, 0.1) is 11.8 Å². The van der Waals surface area contributed by atoms with Crippen molar-refractivity contribution in [1.29, 1.82) is 0 Å². The van der Waals surface area contributed by atoms with E-state index in [1.807, 2.05) is 0 Å². The Bertz CT molecular complexity index is 185. The topological polar surface area (TPSA) is 41.1 Å². The van der Waals surface area contributed by atoms with Gasteiger partial charge >= 0.3 is 0 Å². The number of likely N-dealkylation sites (N-methyl/N-ethyl adjacent to an activating group) is 1. The fourth-order valence-electron chi connectivity index (χ4n) is 1.93. The van der Waals surface area contributed by atoms with E-state index in [0.717, 1.165) is 11.8 Å². The molecule has 0 spiro atoms. The highest BCUT2D eigenvalue weighted by Crippen LogP contribution is 2.44. The summed E-state index contributed by atoms with van der Waals surface area (Å²) in [6.07, 6.45) is 5.45. The molecule has 2 fully saturated rings. The van der Waals surface area contributed by atoms with Gasteiger partial charge in [0.1, 0.15) is 0 Å². The van der Waals surface area contributed by atoms with Crippen LogP contribution in [-0.4, -0.2) is 25.5 Å². The van der Waals surface area contributed by atoms with Crippen LogP contribution in [0.5, 0.6) is 0 Å². The number of nitrogens with one attached hydrogen (secondary N) is 2. The van der Waals surface area contributed by atoms with Crippen LogP contribution < -0.4 is 10.6 Å². The van der Waals surface area contributed by atoms with Gasteiger partial charge in [-0.3, -0.25) is 4.79 Å². The molecular weight excluding hydrogens is 164 g/mol. The molecule has 0 aromatic heterocycles. The van der Waals surface area contributed by atoms with Crippen molar-refractivity contribution in [2.45, 2.75) is 31.7 Å². The van der Waals surface area contributed by atoms with Gasteiger partial charge in [-0.2, -0.15) is 0 Å². The first-order chi connectivity index (χ1) is 6.31. The van der Waals surface area contributed by atoms with Crippen molar-refractivity contribution in [1.82, 2.24) is 10.6 Å². The summed E-state index contributed by atoms with van der Waals surface area (Å²) in [5.74, 6) is 1.85. The molecule has 2 N–H and O–H groups in total. The minimum absolute atomic E-state index is 0.103. The number of amides is 1. The molecule has 3 nitrogen and oxygen atoms in total. The molecule has 2 rings (SSSR count). The lowest BCUT2D eigenvalue weighted by molar-refractivity contribution is -0.119. The van der Waals surface area contributed by atoms with E-state index < -0.39 is 0 Å². The lowest BCUT2D eigenvalue weighted by Gasteiger charge is -2.16. The van der Waals surface area contributed by atoms with E-state index >= 15 is 0 Å². The Hall–Kier alpha value is -0.570. The first kappa shape index (κ1) is 9.00.